The quantitative estimate of drug-likeness (QED) is 0.918. The van der Waals surface area contributed by atoms with Crippen molar-refractivity contribution in [1.29, 1.82) is 0 Å². The molecule has 2 aromatic rings. The predicted molar refractivity (Wildman–Crippen MR) is 80.5 cm³/mol. The first-order valence-corrected chi connectivity index (χ1v) is 8.85. The van der Waals surface area contributed by atoms with E-state index in [0.717, 1.165) is 16.8 Å². The highest BCUT2D eigenvalue weighted by molar-refractivity contribution is 7.90. The molecule has 1 heterocycles. The van der Waals surface area contributed by atoms with Crippen molar-refractivity contribution in [2.75, 3.05) is 17.3 Å². The normalized spacial score (nSPS) is 11.2. The summed E-state index contributed by atoms with van der Waals surface area (Å²) < 4.78 is 22.0. The largest absolute Gasteiger partial charge is 0.326 e. The van der Waals surface area contributed by atoms with Gasteiger partial charge in [0, 0.05) is 35.5 Å². The monoisotopic (exact) mass is 310 g/mol. The molecule has 106 valence electrons. The molecule has 0 radical (unpaired) electrons. The molecule has 0 aliphatic heterocycles. The molecule has 0 aliphatic rings. The summed E-state index contributed by atoms with van der Waals surface area (Å²) in [5.74, 6) is -0.451. The Balaban J connectivity index is 1.95. The van der Waals surface area contributed by atoms with E-state index in [1.54, 1.807) is 29.7 Å². The fourth-order valence-electron chi connectivity index (χ4n) is 1.56. The van der Waals surface area contributed by atoms with Crippen molar-refractivity contribution < 1.29 is 13.2 Å². The van der Waals surface area contributed by atoms with E-state index in [9.17, 15) is 13.2 Å². The van der Waals surface area contributed by atoms with Crippen LogP contribution in [0, 0.1) is 0 Å². The minimum Gasteiger partial charge on any atom is -0.326 e. The van der Waals surface area contributed by atoms with Gasteiger partial charge in [0.2, 0.25) is 5.91 Å². The molecule has 1 N–H and O–H groups in total. The SMILES string of the molecule is CS(=O)(=O)CCC(=O)Nc1ccc(-c2nccs2)cc1. The highest BCUT2D eigenvalue weighted by atomic mass is 32.2. The Labute approximate surface area is 121 Å². The number of amides is 1. The van der Waals surface area contributed by atoms with E-state index < -0.39 is 9.84 Å². The molecule has 0 saturated heterocycles. The first kappa shape index (κ1) is 14.7. The first-order valence-electron chi connectivity index (χ1n) is 5.91. The van der Waals surface area contributed by atoms with Crippen LogP contribution in [-0.4, -0.2) is 31.3 Å². The second-order valence-corrected chi connectivity index (χ2v) is 7.50. The average molecular weight is 310 g/mol. The summed E-state index contributed by atoms with van der Waals surface area (Å²) in [5.41, 5.74) is 1.62. The van der Waals surface area contributed by atoms with Crippen LogP contribution in [-0.2, 0) is 14.6 Å². The summed E-state index contributed by atoms with van der Waals surface area (Å²) in [6.07, 6.45) is 2.82. The number of hydrogen-bond acceptors (Lipinski definition) is 5. The molecule has 1 amide bonds. The lowest BCUT2D eigenvalue weighted by Crippen LogP contribution is -2.16. The van der Waals surface area contributed by atoms with Crippen LogP contribution in [0.15, 0.2) is 35.8 Å². The van der Waals surface area contributed by atoms with Crippen LogP contribution in [0.4, 0.5) is 5.69 Å². The molecule has 1 aromatic heterocycles. The second-order valence-electron chi connectivity index (χ2n) is 4.34. The Morgan fingerprint density at radius 3 is 2.55 bits per heavy atom. The summed E-state index contributed by atoms with van der Waals surface area (Å²) in [6.45, 7) is 0. The third-order valence-corrected chi connectivity index (χ3v) is 4.32. The Morgan fingerprint density at radius 1 is 1.30 bits per heavy atom. The lowest BCUT2D eigenvalue weighted by Gasteiger charge is -2.05. The highest BCUT2D eigenvalue weighted by Crippen LogP contribution is 2.23. The topological polar surface area (TPSA) is 76.1 Å². The molecule has 20 heavy (non-hydrogen) atoms. The summed E-state index contributed by atoms with van der Waals surface area (Å²) in [6, 6.07) is 7.28. The van der Waals surface area contributed by atoms with Gasteiger partial charge in [-0.15, -0.1) is 11.3 Å². The highest BCUT2D eigenvalue weighted by Gasteiger charge is 2.08. The third kappa shape index (κ3) is 4.43. The molecule has 1 aromatic carbocycles. The lowest BCUT2D eigenvalue weighted by molar-refractivity contribution is -0.115. The molecule has 0 spiro atoms. The van der Waals surface area contributed by atoms with Gasteiger partial charge in [-0.2, -0.15) is 0 Å². The number of carbonyl (C=O) groups is 1. The Kier molecular flexibility index (Phi) is 4.51. The van der Waals surface area contributed by atoms with Crippen molar-refractivity contribution >= 4 is 32.8 Å². The van der Waals surface area contributed by atoms with E-state index in [-0.39, 0.29) is 18.1 Å². The number of aromatic nitrogens is 1. The molecule has 5 nitrogen and oxygen atoms in total. The molecular formula is C13H14N2O3S2. The number of thiazole rings is 1. The van der Waals surface area contributed by atoms with E-state index in [4.69, 9.17) is 0 Å². The predicted octanol–water partition coefficient (Wildman–Crippen LogP) is 2.18. The zero-order chi connectivity index (χ0) is 14.6. The number of carbonyl (C=O) groups excluding carboxylic acids is 1. The molecule has 0 saturated carbocycles. The first-order chi connectivity index (χ1) is 9.44. The molecule has 7 heteroatoms. The Hall–Kier alpha value is -1.73. The summed E-state index contributed by atoms with van der Waals surface area (Å²) in [5, 5.41) is 5.48. The zero-order valence-electron chi connectivity index (χ0n) is 10.9. The van der Waals surface area contributed by atoms with Crippen molar-refractivity contribution in [3.63, 3.8) is 0 Å². The molecule has 0 bridgehead atoms. The van der Waals surface area contributed by atoms with Crippen LogP contribution in [0.25, 0.3) is 10.6 Å². The smallest absolute Gasteiger partial charge is 0.225 e. The Morgan fingerprint density at radius 2 is 2.00 bits per heavy atom. The number of nitrogens with zero attached hydrogens (tertiary/aromatic N) is 1. The van der Waals surface area contributed by atoms with Gasteiger partial charge in [0.15, 0.2) is 0 Å². The molecule has 0 aliphatic carbocycles. The standard InChI is InChI=1S/C13H14N2O3S2/c1-20(17,18)9-6-12(16)15-11-4-2-10(3-5-11)13-14-7-8-19-13/h2-5,7-8H,6,9H2,1H3,(H,15,16). The summed E-state index contributed by atoms with van der Waals surface area (Å²) in [7, 11) is -3.12. The number of nitrogens with one attached hydrogen (secondary N) is 1. The lowest BCUT2D eigenvalue weighted by atomic mass is 10.2. The van der Waals surface area contributed by atoms with Gasteiger partial charge in [0.05, 0.1) is 5.75 Å². The molecule has 0 atom stereocenters. The van der Waals surface area contributed by atoms with Gasteiger partial charge in [-0.3, -0.25) is 4.79 Å². The molecular weight excluding hydrogens is 296 g/mol. The maximum absolute atomic E-state index is 11.6. The fraction of sp³-hybridized carbons (Fsp3) is 0.231. The average Bonchev–Trinajstić information content (AvgIpc) is 2.90. The summed E-state index contributed by atoms with van der Waals surface area (Å²) in [4.78, 5) is 15.8. The van der Waals surface area contributed by atoms with E-state index in [1.807, 2.05) is 17.5 Å². The van der Waals surface area contributed by atoms with E-state index >= 15 is 0 Å². The molecule has 0 unspecified atom stereocenters. The van der Waals surface area contributed by atoms with Crippen molar-refractivity contribution in [1.82, 2.24) is 4.98 Å². The fourth-order valence-corrected chi connectivity index (χ4v) is 2.76. The molecule has 2 rings (SSSR count). The minimum absolute atomic E-state index is 0.0347. The number of rotatable bonds is 5. The number of benzene rings is 1. The number of hydrogen-bond donors (Lipinski definition) is 1. The van der Waals surface area contributed by atoms with Gasteiger partial charge in [0.25, 0.3) is 0 Å². The minimum atomic E-state index is -3.12. The van der Waals surface area contributed by atoms with Gasteiger partial charge in [0.1, 0.15) is 14.8 Å². The van der Waals surface area contributed by atoms with Crippen molar-refractivity contribution in [3.05, 3.63) is 35.8 Å². The zero-order valence-corrected chi connectivity index (χ0v) is 12.5. The maximum Gasteiger partial charge on any atom is 0.225 e. The van der Waals surface area contributed by atoms with Crippen LogP contribution in [0.1, 0.15) is 6.42 Å². The molecule has 0 fully saturated rings. The summed E-state index contributed by atoms with van der Waals surface area (Å²) >= 11 is 1.54. The number of sulfone groups is 1. The van der Waals surface area contributed by atoms with Gasteiger partial charge in [-0.1, -0.05) is 0 Å². The number of anilines is 1. The van der Waals surface area contributed by atoms with E-state index in [1.165, 1.54) is 0 Å². The van der Waals surface area contributed by atoms with Crippen molar-refractivity contribution in [2.45, 2.75) is 6.42 Å². The maximum atomic E-state index is 11.6. The van der Waals surface area contributed by atoms with Gasteiger partial charge < -0.3 is 5.32 Å². The van der Waals surface area contributed by atoms with Crippen molar-refractivity contribution in [3.8, 4) is 10.6 Å². The van der Waals surface area contributed by atoms with E-state index in [2.05, 4.69) is 10.3 Å². The van der Waals surface area contributed by atoms with Crippen LogP contribution < -0.4 is 5.32 Å². The van der Waals surface area contributed by atoms with Crippen LogP contribution >= 0.6 is 11.3 Å². The van der Waals surface area contributed by atoms with Crippen LogP contribution in [0.3, 0.4) is 0 Å². The van der Waals surface area contributed by atoms with Gasteiger partial charge >= 0.3 is 0 Å². The van der Waals surface area contributed by atoms with E-state index in [0.29, 0.717) is 5.69 Å². The van der Waals surface area contributed by atoms with Crippen LogP contribution in [0.2, 0.25) is 0 Å². The third-order valence-electron chi connectivity index (χ3n) is 2.55. The van der Waals surface area contributed by atoms with Crippen molar-refractivity contribution in [2.24, 2.45) is 0 Å². The second kappa shape index (κ2) is 6.15. The van der Waals surface area contributed by atoms with Gasteiger partial charge in [-0.25, -0.2) is 13.4 Å². The Bertz CT molecular complexity index is 677. The van der Waals surface area contributed by atoms with Gasteiger partial charge in [-0.05, 0) is 24.3 Å². The van der Waals surface area contributed by atoms with Crippen LogP contribution in [0.5, 0.6) is 0 Å².